The fourth-order valence-corrected chi connectivity index (χ4v) is 4.45. The van der Waals surface area contributed by atoms with Crippen molar-refractivity contribution >= 4 is 11.6 Å². The molecule has 86 valence electrons. The molecule has 0 radical (unpaired) electrons. The van der Waals surface area contributed by atoms with E-state index in [0.29, 0.717) is 5.38 Å². The molecule has 2 aliphatic carbocycles. The molecule has 0 aromatic carbocycles. The maximum absolute atomic E-state index is 6.23. The zero-order valence-corrected chi connectivity index (χ0v) is 10.3. The topological polar surface area (TPSA) is 3.24 Å². The Morgan fingerprint density at radius 1 is 1.13 bits per heavy atom. The molecule has 4 unspecified atom stereocenters. The molecule has 0 aromatic heterocycles. The number of piperidine rings is 1. The molecule has 15 heavy (non-hydrogen) atoms. The summed E-state index contributed by atoms with van der Waals surface area (Å²) in [5, 5.41) is 0.428. The number of hydrogen-bond acceptors (Lipinski definition) is 1. The lowest BCUT2D eigenvalue weighted by Gasteiger charge is -2.34. The van der Waals surface area contributed by atoms with Gasteiger partial charge in [0.25, 0.3) is 0 Å². The van der Waals surface area contributed by atoms with Crippen molar-refractivity contribution in [2.24, 2.45) is 17.8 Å². The molecule has 0 N–H and O–H groups in total. The Morgan fingerprint density at radius 3 is 2.73 bits per heavy atom. The standard InChI is InChI=1S/C13H22ClN/c14-13-2-1-5-15(9-13)8-12-7-10-3-4-11(12)6-10/h10-13H,1-9H2. The summed E-state index contributed by atoms with van der Waals surface area (Å²) >= 11 is 6.23. The summed E-state index contributed by atoms with van der Waals surface area (Å²) in [6, 6.07) is 0. The first-order valence-electron chi connectivity index (χ1n) is 6.67. The molecule has 1 heterocycles. The second-order valence-electron chi connectivity index (χ2n) is 5.93. The van der Waals surface area contributed by atoms with Crippen LogP contribution in [0.2, 0.25) is 0 Å². The number of rotatable bonds is 2. The monoisotopic (exact) mass is 227 g/mol. The van der Waals surface area contributed by atoms with Crippen LogP contribution in [0.1, 0.15) is 38.5 Å². The van der Waals surface area contributed by atoms with Gasteiger partial charge in [0.15, 0.2) is 0 Å². The van der Waals surface area contributed by atoms with Gasteiger partial charge in [0, 0.05) is 18.5 Å². The molecule has 1 aliphatic heterocycles. The molecule has 0 amide bonds. The Balaban J connectivity index is 1.52. The highest BCUT2D eigenvalue weighted by Crippen LogP contribution is 2.48. The van der Waals surface area contributed by atoms with Gasteiger partial charge in [-0.3, -0.25) is 0 Å². The molecule has 1 nitrogen and oxygen atoms in total. The fraction of sp³-hybridized carbons (Fsp3) is 1.00. The molecular formula is C13H22ClN. The number of fused-ring (bicyclic) bond motifs is 2. The minimum Gasteiger partial charge on any atom is -0.302 e. The van der Waals surface area contributed by atoms with Crippen LogP contribution >= 0.6 is 11.6 Å². The summed E-state index contributed by atoms with van der Waals surface area (Å²) < 4.78 is 0. The van der Waals surface area contributed by atoms with E-state index in [2.05, 4.69) is 4.90 Å². The van der Waals surface area contributed by atoms with E-state index in [1.807, 2.05) is 0 Å². The number of alkyl halides is 1. The van der Waals surface area contributed by atoms with Crippen LogP contribution in [0.5, 0.6) is 0 Å². The average molecular weight is 228 g/mol. The van der Waals surface area contributed by atoms with Crippen molar-refractivity contribution in [2.75, 3.05) is 19.6 Å². The molecule has 2 saturated carbocycles. The molecule has 4 atom stereocenters. The van der Waals surface area contributed by atoms with Crippen LogP contribution in [0.25, 0.3) is 0 Å². The number of halogens is 1. The van der Waals surface area contributed by atoms with Gasteiger partial charge in [-0.1, -0.05) is 6.42 Å². The lowest BCUT2D eigenvalue weighted by atomic mass is 9.88. The summed E-state index contributed by atoms with van der Waals surface area (Å²) in [5.74, 6) is 3.19. The van der Waals surface area contributed by atoms with E-state index in [1.165, 1.54) is 45.2 Å². The van der Waals surface area contributed by atoms with Gasteiger partial charge in [-0.2, -0.15) is 0 Å². The zero-order chi connectivity index (χ0) is 10.3. The van der Waals surface area contributed by atoms with Gasteiger partial charge in [-0.15, -0.1) is 11.6 Å². The largest absolute Gasteiger partial charge is 0.302 e. The number of nitrogens with zero attached hydrogens (tertiary/aromatic N) is 1. The molecule has 1 saturated heterocycles. The van der Waals surface area contributed by atoms with Gasteiger partial charge in [0.05, 0.1) is 0 Å². The first-order valence-corrected chi connectivity index (χ1v) is 7.11. The zero-order valence-electron chi connectivity index (χ0n) is 9.50. The van der Waals surface area contributed by atoms with E-state index in [9.17, 15) is 0 Å². The van der Waals surface area contributed by atoms with Crippen molar-refractivity contribution in [3.63, 3.8) is 0 Å². The number of hydrogen-bond donors (Lipinski definition) is 0. The van der Waals surface area contributed by atoms with Crippen molar-refractivity contribution in [1.82, 2.24) is 4.90 Å². The van der Waals surface area contributed by atoms with Crippen LogP contribution in [0.15, 0.2) is 0 Å². The van der Waals surface area contributed by atoms with Gasteiger partial charge in [0.1, 0.15) is 0 Å². The molecule has 3 aliphatic rings. The van der Waals surface area contributed by atoms with E-state index >= 15 is 0 Å². The van der Waals surface area contributed by atoms with Crippen molar-refractivity contribution < 1.29 is 0 Å². The third-order valence-electron chi connectivity index (χ3n) is 4.83. The van der Waals surface area contributed by atoms with Crippen LogP contribution in [0.4, 0.5) is 0 Å². The van der Waals surface area contributed by atoms with Gasteiger partial charge in [0.2, 0.25) is 0 Å². The van der Waals surface area contributed by atoms with Crippen LogP contribution in [-0.4, -0.2) is 29.9 Å². The lowest BCUT2D eigenvalue weighted by molar-refractivity contribution is 0.167. The summed E-state index contributed by atoms with van der Waals surface area (Å²) in [6.45, 7) is 3.80. The molecule has 2 heteroatoms. The van der Waals surface area contributed by atoms with E-state index in [4.69, 9.17) is 11.6 Å². The van der Waals surface area contributed by atoms with E-state index in [0.717, 1.165) is 24.3 Å². The summed E-state index contributed by atoms with van der Waals surface area (Å²) in [5.41, 5.74) is 0. The fourth-order valence-electron chi connectivity index (χ4n) is 4.10. The van der Waals surface area contributed by atoms with Crippen LogP contribution < -0.4 is 0 Å². The minimum absolute atomic E-state index is 0.428. The lowest BCUT2D eigenvalue weighted by Crippen LogP contribution is -2.40. The van der Waals surface area contributed by atoms with Crippen molar-refractivity contribution in [3.05, 3.63) is 0 Å². The first kappa shape index (κ1) is 10.4. The third kappa shape index (κ3) is 2.19. The average Bonchev–Trinajstić information content (AvgIpc) is 2.79. The predicted molar refractivity (Wildman–Crippen MR) is 64.3 cm³/mol. The first-order chi connectivity index (χ1) is 7.31. The Bertz CT molecular complexity index is 231. The van der Waals surface area contributed by atoms with Crippen molar-refractivity contribution in [1.29, 1.82) is 0 Å². The molecule has 0 spiro atoms. The van der Waals surface area contributed by atoms with Crippen LogP contribution in [0.3, 0.4) is 0 Å². The van der Waals surface area contributed by atoms with E-state index in [1.54, 1.807) is 6.42 Å². The maximum Gasteiger partial charge on any atom is 0.0463 e. The highest BCUT2D eigenvalue weighted by Gasteiger charge is 2.40. The quantitative estimate of drug-likeness (QED) is 0.656. The Hall–Kier alpha value is 0.250. The highest BCUT2D eigenvalue weighted by atomic mass is 35.5. The van der Waals surface area contributed by atoms with Gasteiger partial charge in [-0.25, -0.2) is 0 Å². The summed E-state index contributed by atoms with van der Waals surface area (Å²) in [6.07, 6.45) is 8.66. The highest BCUT2D eigenvalue weighted by molar-refractivity contribution is 6.20. The second kappa shape index (κ2) is 4.25. The van der Waals surface area contributed by atoms with E-state index in [-0.39, 0.29) is 0 Å². The van der Waals surface area contributed by atoms with Crippen molar-refractivity contribution in [2.45, 2.75) is 43.9 Å². The van der Waals surface area contributed by atoms with Crippen LogP contribution in [-0.2, 0) is 0 Å². The predicted octanol–water partition coefficient (Wildman–Crippen LogP) is 3.13. The molecular weight excluding hydrogens is 206 g/mol. The van der Waals surface area contributed by atoms with Gasteiger partial charge in [-0.05, 0) is 56.4 Å². The van der Waals surface area contributed by atoms with Gasteiger partial charge < -0.3 is 4.90 Å². The van der Waals surface area contributed by atoms with Crippen molar-refractivity contribution in [3.8, 4) is 0 Å². The SMILES string of the molecule is ClC1CCCN(CC2CC3CCC2C3)C1. The van der Waals surface area contributed by atoms with Gasteiger partial charge >= 0.3 is 0 Å². The molecule has 2 bridgehead atoms. The molecule has 3 fully saturated rings. The third-order valence-corrected chi connectivity index (χ3v) is 5.18. The van der Waals surface area contributed by atoms with E-state index < -0.39 is 0 Å². The minimum atomic E-state index is 0.428. The smallest absolute Gasteiger partial charge is 0.0463 e. The maximum atomic E-state index is 6.23. The Morgan fingerprint density at radius 2 is 2.07 bits per heavy atom. The second-order valence-corrected chi connectivity index (χ2v) is 6.55. The Kier molecular flexibility index (Phi) is 2.95. The molecule has 0 aromatic rings. The Labute approximate surface area is 98.2 Å². The number of likely N-dealkylation sites (tertiary alicyclic amines) is 1. The summed E-state index contributed by atoms with van der Waals surface area (Å²) in [4.78, 5) is 2.63. The normalized spacial score (nSPS) is 46.2. The summed E-state index contributed by atoms with van der Waals surface area (Å²) in [7, 11) is 0. The molecule has 3 rings (SSSR count). The van der Waals surface area contributed by atoms with Crippen LogP contribution in [0, 0.1) is 17.8 Å².